The Balaban J connectivity index is 2.79. The van der Waals surface area contributed by atoms with Crippen molar-refractivity contribution in [3.63, 3.8) is 0 Å². The van der Waals surface area contributed by atoms with E-state index in [4.69, 9.17) is 11.6 Å². The highest BCUT2D eigenvalue weighted by Crippen LogP contribution is 2.22. The molecule has 0 amide bonds. The quantitative estimate of drug-likeness (QED) is 0.726. The predicted octanol–water partition coefficient (Wildman–Crippen LogP) is 4.36. The van der Waals surface area contributed by atoms with Gasteiger partial charge in [-0.1, -0.05) is 43.7 Å². The van der Waals surface area contributed by atoms with E-state index in [2.05, 4.69) is 18.8 Å². The average Bonchev–Trinajstić information content (AvgIpc) is 2.34. The Kier molecular flexibility index (Phi) is 6.37. The molecule has 1 nitrogen and oxygen atoms in total. The average molecular weight is 270 g/mol. The van der Waals surface area contributed by atoms with Gasteiger partial charge in [-0.25, -0.2) is 4.39 Å². The van der Waals surface area contributed by atoms with Crippen molar-refractivity contribution in [3.05, 3.63) is 46.8 Å². The molecule has 1 atom stereocenters. The summed E-state index contributed by atoms with van der Waals surface area (Å²) in [6.45, 7) is 9.00. The van der Waals surface area contributed by atoms with E-state index in [1.54, 1.807) is 12.1 Å². The molecule has 0 aromatic heterocycles. The van der Waals surface area contributed by atoms with E-state index in [0.29, 0.717) is 17.0 Å². The van der Waals surface area contributed by atoms with Crippen molar-refractivity contribution in [2.24, 2.45) is 0 Å². The Morgan fingerprint density at radius 1 is 1.44 bits per heavy atom. The molecule has 0 saturated carbocycles. The lowest BCUT2D eigenvalue weighted by atomic mass is 9.98. The highest BCUT2D eigenvalue weighted by Gasteiger charge is 2.14. The monoisotopic (exact) mass is 269 g/mol. The summed E-state index contributed by atoms with van der Waals surface area (Å²) in [5, 5.41) is 3.86. The lowest BCUT2D eigenvalue weighted by Crippen LogP contribution is -2.31. The molecule has 1 N–H and O–H groups in total. The molecule has 0 heterocycles. The zero-order valence-electron chi connectivity index (χ0n) is 11.1. The predicted molar refractivity (Wildman–Crippen MR) is 76.6 cm³/mol. The standard InChI is InChI=1S/C15H21ClFN/c1-4-11(3)9-12(18-5-2)10-13-14(16)7-6-8-15(13)17/h6-8,12,18H,3-5,9-10H2,1-2H3. The minimum absolute atomic E-state index is 0.192. The van der Waals surface area contributed by atoms with Crippen molar-refractivity contribution in [3.8, 4) is 0 Å². The first-order valence-electron chi connectivity index (χ1n) is 6.41. The summed E-state index contributed by atoms with van der Waals surface area (Å²) < 4.78 is 13.7. The number of benzene rings is 1. The van der Waals surface area contributed by atoms with Gasteiger partial charge in [0.2, 0.25) is 0 Å². The fourth-order valence-electron chi connectivity index (χ4n) is 1.97. The molecule has 0 aliphatic rings. The molecular formula is C15H21ClFN. The molecule has 100 valence electrons. The maximum absolute atomic E-state index is 13.7. The number of likely N-dealkylation sites (N-methyl/N-ethyl adjacent to an activating group) is 1. The molecule has 0 saturated heterocycles. The molecular weight excluding hydrogens is 249 g/mol. The summed E-state index contributed by atoms with van der Waals surface area (Å²) >= 11 is 6.05. The number of hydrogen-bond donors (Lipinski definition) is 1. The minimum Gasteiger partial charge on any atom is -0.314 e. The van der Waals surface area contributed by atoms with Crippen LogP contribution in [-0.4, -0.2) is 12.6 Å². The van der Waals surface area contributed by atoms with Gasteiger partial charge in [0.1, 0.15) is 5.82 Å². The molecule has 0 fully saturated rings. The Hall–Kier alpha value is -0.860. The van der Waals surface area contributed by atoms with Crippen LogP contribution in [0, 0.1) is 5.82 Å². The van der Waals surface area contributed by atoms with Crippen LogP contribution in [0.4, 0.5) is 4.39 Å². The molecule has 1 aromatic carbocycles. The van der Waals surface area contributed by atoms with Crippen LogP contribution in [0.1, 0.15) is 32.3 Å². The van der Waals surface area contributed by atoms with Crippen molar-refractivity contribution in [2.45, 2.75) is 39.2 Å². The minimum atomic E-state index is -0.229. The molecule has 3 heteroatoms. The van der Waals surface area contributed by atoms with Crippen molar-refractivity contribution in [2.75, 3.05) is 6.54 Å². The van der Waals surface area contributed by atoms with Crippen molar-refractivity contribution >= 4 is 11.6 Å². The SMILES string of the molecule is C=C(CC)CC(Cc1c(F)cccc1Cl)NCC. The molecule has 0 spiro atoms. The van der Waals surface area contributed by atoms with Gasteiger partial charge < -0.3 is 5.32 Å². The van der Waals surface area contributed by atoms with Crippen LogP contribution in [-0.2, 0) is 6.42 Å². The highest BCUT2D eigenvalue weighted by atomic mass is 35.5. The molecule has 1 rings (SSSR count). The second-order valence-corrected chi connectivity index (χ2v) is 4.87. The lowest BCUT2D eigenvalue weighted by molar-refractivity contribution is 0.501. The molecule has 18 heavy (non-hydrogen) atoms. The fourth-order valence-corrected chi connectivity index (χ4v) is 2.21. The van der Waals surface area contributed by atoms with Gasteiger partial charge in [0.15, 0.2) is 0 Å². The van der Waals surface area contributed by atoms with Crippen LogP contribution >= 0.6 is 11.6 Å². The topological polar surface area (TPSA) is 12.0 Å². The maximum atomic E-state index is 13.7. The Morgan fingerprint density at radius 3 is 2.72 bits per heavy atom. The Morgan fingerprint density at radius 2 is 2.17 bits per heavy atom. The van der Waals surface area contributed by atoms with Crippen LogP contribution in [0.15, 0.2) is 30.4 Å². The zero-order valence-corrected chi connectivity index (χ0v) is 11.9. The number of hydrogen-bond acceptors (Lipinski definition) is 1. The first-order valence-corrected chi connectivity index (χ1v) is 6.79. The van der Waals surface area contributed by atoms with Crippen molar-refractivity contribution in [1.29, 1.82) is 0 Å². The highest BCUT2D eigenvalue weighted by molar-refractivity contribution is 6.31. The summed E-state index contributed by atoms with van der Waals surface area (Å²) in [5.74, 6) is -0.229. The fraction of sp³-hybridized carbons (Fsp3) is 0.467. The zero-order chi connectivity index (χ0) is 13.5. The van der Waals surface area contributed by atoms with E-state index in [1.165, 1.54) is 11.6 Å². The third kappa shape index (κ3) is 4.43. The summed E-state index contributed by atoms with van der Waals surface area (Å²) in [6, 6.07) is 5.02. The van der Waals surface area contributed by atoms with Gasteiger partial charge in [-0.15, -0.1) is 0 Å². The lowest BCUT2D eigenvalue weighted by Gasteiger charge is -2.19. The molecule has 0 radical (unpaired) electrons. The van der Waals surface area contributed by atoms with Crippen LogP contribution in [0.5, 0.6) is 0 Å². The maximum Gasteiger partial charge on any atom is 0.127 e. The van der Waals surface area contributed by atoms with Crippen LogP contribution < -0.4 is 5.32 Å². The molecule has 1 unspecified atom stereocenters. The van der Waals surface area contributed by atoms with E-state index in [-0.39, 0.29) is 11.9 Å². The van der Waals surface area contributed by atoms with Crippen LogP contribution in [0.25, 0.3) is 0 Å². The van der Waals surface area contributed by atoms with Gasteiger partial charge in [0.25, 0.3) is 0 Å². The normalized spacial score (nSPS) is 12.4. The van der Waals surface area contributed by atoms with Gasteiger partial charge in [0, 0.05) is 16.6 Å². The summed E-state index contributed by atoms with van der Waals surface area (Å²) in [7, 11) is 0. The molecule has 0 aliphatic carbocycles. The van der Waals surface area contributed by atoms with Gasteiger partial charge in [-0.2, -0.15) is 0 Å². The summed E-state index contributed by atoms with van der Waals surface area (Å²) in [6.07, 6.45) is 2.40. The van der Waals surface area contributed by atoms with Gasteiger partial charge in [-0.05, 0) is 37.9 Å². The van der Waals surface area contributed by atoms with Crippen molar-refractivity contribution < 1.29 is 4.39 Å². The van der Waals surface area contributed by atoms with E-state index >= 15 is 0 Å². The smallest absolute Gasteiger partial charge is 0.127 e. The molecule has 0 bridgehead atoms. The van der Waals surface area contributed by atoms with Gasteiger partial charge in [-0.3, -0.25) is 0 Å². The van der Waals surface area contributed by atoms with Crippen molar-refractivity contribution in [1.82, 2.24) is 5.32 Å². The third-order valence-electron chi connectivity index (χ3n) is 3.04. The van der Waals surface area contributed by atoms with Gasteiger partial charge >= 0.3 is 0 Å². The second-order valence-electron chi connectivity index (χ2n) is 4.47. The van der Waals surface area contributed by atoms with E-state index < -0.39 is 0 Å². The van der Waals surface area contributed by atoms with Crippen LogP contribution in [0.2, 0.25) is 5.02 Å². The van der Waals surface area contributed by atoms with Crippen LogP contribution in [0.3, 0.4) is 0 Å². The van der Waals surface area contributed by atoms with Gasteiger partial charge in [0.05, 0.1) is 0 Å². The van der Waals surface area contributed by atoms with E-state index in [0.717, 1.165) is 19.4 Å². The first-order chi connectivity index (χ1) is 8.58. The van der Waals surface area contributed by atoms with E-state index in [9.17, 15) is 4.39 Å². The van der Waals surface area contributed by atoms with E-state index in [1.807, 2.05) is 6.92 Å². The number of nitrogens with one attached hydrogen (secondary N) is 1. The summed E-state index contributed by atoms with van der Waals surface area (Å²) in [5.41, 5.74) is 1.77. The number of rotatable bonds is 7. The second kappa shape index (κ2) is 7.55. The first kappa shape index (κ1) is 15.2. The largest absolute Gasteiger partial charge is 0.314 e. The Labute approximate surface area is 114 Å². The Bertz CT molecular complexity index is 383. The third-order valence-corrected chi connectivity index (χ3v) is 3.39. The summed E-state index contributed by atoms with van der Waals surface area (Å²) in [4.78, 5) is 0. The molecule has 0 aliphatic heterocycles. The number of halogens is 2. The molecule has 1 aromatic rings.